The third-order valence-corrected chi connectivity index (χ3v) is 2.81. The van der Waals surface area contributed by atoms with Crippen LogP contribution in [0.15, 0.2) is 38.0 Å². The van der Waals surface area contributed by atoms with Crippen molar-refractivity contribution >= 4 is 17.9 Å². The molecule has 0 rings (SSSR count). The Bertz CT molecular complexity index is 416. The van der Waals surface area contributed by atoms with E-state index < -0.39 is 23.3 Å². The van der Waals surface area contributed by atoms with Gasteiger partial charge in [-0.05, 0) is 20.8 Å². The largest absolute Gasteiger partial charge is 0.478 e. The van der Waals surface area contributed by atoms with Gasteiger partial charge in [0.1, 0.15) is 0 Å². The summed E-state index contributed by atoms with van der Waals surface area (Å²) in [6.07, 6.45) is 2.14. The van der Waals surface area contributed by atoms with Crippen molar-refractivity contribution in [3.05, 3.63) is 38.0 Å². The van der Waals surface area contributed by atoms with Crippen LogP contribution in [0.5, 0.6) is 0 Å². The van der Waals surface area contributed by atoms with Gasteiger partial charge in [0.2, 0.25) is 0 Å². The fraction of sp³-hybridized carbons (Fsp3) is 0.500. The van der Waals surface area contributed by atoms with Gasteiger partial charge in [-0.1, -0.05) is 19.7 Å². The molecule has 28 heavy (non-hydrogen) atoms. The quantitative estimate of drug-likeness (QED) is 0.294. The molecule has 0 amide bonds. The molecule has 0 aliphatic carbocycles. The van der Waals surface area contributed by atoms with Gasteiger partial charge in [-0.15, -0.1) is 0 Å². The van der Waals surface area contributed by atoms with E-state index in [4.69, 9.17) is 35.4 Å². The first-order chi connectivity index (χ1) is 12.8. The van der Waals surface area contributed by atoms with E-state index in [1.807, 2.05) is 13.8 Å². The number of rotatable bonds is 9. The van der Waals surface area contributed by atoms with Gasteiger partial charge in [-0.25, -0.2) is 14.4 Å². The summed E-state index contributed by atoms with van der Waals surface area (Å²) in [4.78, 5) is 27.8. The van der Waals surface area contributed by atoms with Crippen molar-refractivity contribution in [1.29, 1.82) is 0 Å². The molecule has 0 aromatic heterocycles. The Kier molecular flexibility index (Phi) is 24.6. The van der Waals surface area contributed by atoms with Crippen LogP contribution in [-0.4, -0.2) is 80.6 Å². The predicted octanol–water partition coefficient (Wildman–Crippen LogP) is 0.534. The molecule has 0 aromatic carbocycles. The molecule has 1 atom stereocenters. The van der Waals surface area contributed by atoms with E-state index in [0.717, 1.165) is 18.2 Å². The molecule has 0 bridgehead atoms. The lowest BCUT2D eigenvalue weighted by Gasteiger charge is -2.34. The zero-order chi connectivity index (χ0) is 23.3. The van der Waals surface area contributed by atoms with E-state index >= 15 is 0 Å². The molecule has 0 saturated carbocycles. The lowest BCUT2D eigenvalue weighted by atomic mass is 9.85. The molecule has 0 radical (unpaired) electrons. The van der Waals surface area contributed by atoms with Gasteiger partial charge in [-0.3, -0.25) is 0 Å². The zero-order valence-corrected chi connectivity index (χ0v) is 16.4. The minimum absolute atomic E-state index is 0.0130. The normalized spacial score (nSPS) is 10.4. The average Bonchev–Trinajstić information content (AvgIpc) is 2.64. The predicted molar refractivity (Wildman–Crippen MR) is 103 cm³/mol. The molecule has 164 valence electrons. The first-order valence-corrected chi connectivity index (χ1v) is 7.88. The van der Waals surface area contributed by atoms with E-state index in [0.29, 0.717) is 0 Å². The van der Waals surface area contributed by atoms with Gasteiger partial charge in [-0.2, -0.15) is 0 Å². The maximum absolute atomic E-state index is 9.25. The molecule has 6 N–H and O–H groups in total. The van der Waals surface area contributed by atoms with Gasteiger partial charge in [0.25, 0.3) is 0 Å². The van der Waals surface area contributed by atoms with E-state index in [1.165, 1.54) is 0 Å². The van der Waals surface area contributed by atoms with Gasteiger partial charge < -0.3 is 35.4 Å². The highest BCUT2D eigenvalue weighted by molar-refractivity contribution is 5.79. The van der Waals surface area contributed by atoms with Gasteiger partial charge in [0, 0.05) is 18.2 Å². The van der Waals surface area contributed by atoms with Crippen LogP contribution >= 0.6 is 0 Å². The van der Waals surface area contributed by atoms with E-state index in [2.05, 4.69) is 19.7 Å². The highest BCUT2D eigenvalue weighted by Crippen LogP contribution is 2.23. The summed E-state index contributed by atoms with van der Waals surface area (Å²) in [6, 6.07) is 0. The maximum Gasteiger partial charge on any atom is 0.327 e. The van der Waals surface area contributed by atoms with Crippen LogP contribution in [0, 0.1) is 5.41 Å². The summed E-state index contributed by atoms with van der Waals surface area (Å²) in [5.74, 6) is -2.94. The standard InChI is InChI=1S/C9H20O4.3C3H4O2/c1-7(2)13-8(3)9(4-10,5-11)6-12;3*1-2-3(4)5/h7-8,10-12H,4-6H2,1-3H3;3*2H,1H2,(H,4,5). The Morgan fingerprint density at radius 3 is 1.11 bits per heavy atom. The number of carboxylic acids is 3. The summed E-state index contributed by atoms with van der Waals surface area (Å²) < 4.78 is 5.41. The van der Waals surface area contributed by atoms with Crippen LogP contribution in [0.2, 0.25) is 0 Å². The minimum atomic E-state index is -0.981. The first kappa shape index (κ1) is 33.1. The molecule has 0 fully saturated rings. The Morgan fingerprint density at radius 2 is 1.00 bits per heavy atom. The zero-order valence-electron chi connectivity index (χ0n) is 16.4. The SMILES string of the molecule is C=CC(=O)O.C=CC(=O)O.C=CC(=O)O.CC(C)OC(C)C(CO)(CO)CO. The number of hydrogen-bond acceptors (Lipinski definition) is 7. The number of aliphatic hydroxyl groups excluding tert-OH is 3. The number of carbonyl (C=O) groups is 3. The van der Waals surface area contributed by atoms with Crippen molar-refractivity contribution in [3.8, 4) is 0 Å². The molecule has 10 nitrogen and oxygen atoms in total. The second-order valence-corrected chi connectivity index (χ2v) is 5.29. The highest BCUT2D eigenvalue weighted by Gasteiger charge is 2.35. The summed E-state index contributed by atoms with van der Waals surface area (Å²) in [5, 5.41) is 50.0. The third-order valence-electron chi connectivity index (χ3n) is 2.81. The lowest BCUT2D eigenvalue weighted by Crippen LogP contribution is -2.45. The van der Waals surface area contributed by atoms with Crippen molar-refractivity contribution in [1.82, 2.24) is 0 Å². The second-order valence-electron chi connectivity index (χ2n) is 5.29. The summed E-state index contributed by atoms with van der Waals surface area (Å²) >= 11 is 0. The number of carboxylic acid groups (broad SMARTS) is 3. The topological polar surface area (TPSA) is 182 Å². The van der Waals surface area contributed by atoms with E-state index in [-0.39, 0.29) is 32.0 Å². The highest BCUT2D eigenvalue weighted by atomic mass is 16.5. The minimum Gasteiger partial charge on any atom is -0.478 e. The number of ether oxygens (including phenoxy) is 1. The van der Waals surface area contributed by atoms with Gasteiger partial charge in [0.05, 0.1) is 37.4 Å². The summed E-state index contributed by atoms with van der Waals surface area (Å²) in [6.45, 7) is 13.5. The van der Waals surface area contributed by atoms with Crippen LogP contribution in [0.3, 0.4) is 0 Å². The number of aliphatic carboxylic acids is 3. The monoisotopic (exact) mass is 408 g/mol. The maximum atomic E-state index is 9.25. The molecule has 0 saturated heterocycles. The van der Waals surface area contributed by atoms with E-state index in [1.54, 1.807) is 6.92 Å². The average molecular weight is 408 g/mol. The lowest BCUT2D eigenvalue weighted by molar-refractivity contribution is -0.132. The Morgan fingerprint density at radius 1 is 0.786 bits per heavy atom. The molecule has 1 unspecified atom stereocenters. The van der Waals surface area contributed by atoms with Crippen molar-refractivity contribution in [2.75, 3.05) is 19.8 Å². The molecular formula is C18H32O10. The first-order valence-electron chi connectivity index (χ1n) is 7.88. The smallest absolute Gasteiger partial charge is 0.327 e. The van der Waals surface area contributed by atoms with Crippen molar-refractivity contribution < 1.29 is 49.8 Å². The fourth-order valence-corrected chi connectivity index (χ4v) is 1.09. The van der Waals surface area contributed by atoms with Crippen LogP contribution < -0.4 is 0 Å². The number of aliphatic hydroxyl groups is 3. The summed E-state index contributed by atoms with van der Waals surface area (Å²) in [5.41, 5.74) is -0.940. The number of hydrogen-bond donors (Lipinski definition) is 6. The molecule has 0 aromatic rings. The van der Waals surface area contributed by atoms with Crippen LogP contribution in [0.1, 0.15) is 20.8 Å². The summed E-state index contributed by atoms with van der Waals surface area (Å²) in [7, 11) is 0. The molecule has 0 spiro atoms. The molecule has 0 aliphatic rings. The second kappa shape index (κ2) is 20.8. The fourth-order valence-electron chi connectivity index (χ4n) is 1.09. The van der Waals surface area contributed by atoms with Gasteiger partial charge in [0.15, 0.2) is 0 Å². The third kappa shape index (κ3) is 23.5. The molecular weight excluding hydrogens is 376 g/mol. The van der Waals surface area contributed by atoms with Crippen LogP contribution in [-0.2, 0) is 19.1 Å². The van der Waals surface area contributed by atoms with E-state index in [9.17, 15) is 14.4 Å². The van der Waals surface area contributed by atoms with Crippen molar-refractivity contribution in [3.63, 3.8) is 0 Å². The Hall–Kier alpha value is -2.53. The Balaban J connectivity index is -0.000000159. The van der Waals surface area contributed by atoms with Crippen molar-refractivity contribution in [2.45, 2.75) is 33.0 Å². The van der Waals surface area contributed by atoms with Crippen LogP contribution in [0.25, 0.3) is 0 Å². The Labute approximate surface area is 164 Å². The van der Waals surface area contributed by atoms with Crippen molar-refractivity contribution in [2.24, 2.45) is 5.41 Å². The molecule has 0 heterocycles. The van der Waals surface area contributed by atoms with Gasteiger partial charge >= 0.3 is 17.9 Å². The molecule has 0 aliphatic heterocycles. The van der Waals surface area contributed by atoms with Crippen LogP contribution in [0.4, 0.5) is 0 Å². The molecule has 10 heteroatoms.